The summed E-state index contributed by atoms with van der Waals surface area (Å²) < 4.78 is 5.30. The maximum Gasteiger partial charge on any atom is 0.132 e. The normalized spacial score (nSPS) is 12.1. The predicted molar refractivity (Wildman–Crippen MR) is 75.6 cm³/mol. The molecule has 1 unspecified atom stereocenters. The summed E-state index contributed by atoms with van der Waals surface area (Å²) in [5.41, 5.74) is 2.46. The number of hydrogen-bond donors (Lipinski definition) is 0. The molecule has 0 amide bonds. The SMILES string of the molecule is C=Cc1ccc(CCCC(CC(C)=O)OC)cc1. The third-order valence-corrected chi connectivity index (χ3v) is 3.06. The van der Waals surface area contributed by atoms with E-state index in [0.29, 0.717) is 6.42 Å². The Morgan fingerprint density at radius 3 is 2.56 bits per heavy atom. The molecular formula is C16H22O2. The summed E-state index contributed by atoms with van der Waals surface area (Å²) in [6.07, 6.45) is 5.42. The topological polar surface area (TPSA) is 26.3 Å². The van der Waals surface area contributed by atoms with Gasteiger partial charge < -0.3 is 4.74 Å². The van der Waals surface area contributed by atoms with Crippen molar-refractivity contribution in [3.8, 4) is 0 Å². The third kappa shape index (κ3) is 5.28. The highest BCUT2D eigenvalue weighted by Gasteiger charge is 2.09. The van der Waals surface area contributed by atoms with Gasteiger partial charge in [-0.05, 0) is 37.3 Å². The molecule has 0 aliphatic heterocycles. The van der Waals surface area contributed by atoms with Crippen LogP contribution in [0.5, 0.6) is 0 Å². The standard InChI is InChI=1S/C16H22O2/c1-4-14-8-10-15(11-9-14)6-5-7-16(18-3)12-13(2)17/h4,8-11,16H,1,5-7,12H2,2-3H3. The van der Waals surface area contributed by atoms with Gasteiger partial charge in [0.2, 0.25) is 0 Å². The van der Waals surface area contributed by atoms with Crippen molar-refractivity contribution in [3.05, 3.63) is 42.0 Å². The first-order valence-corrected chi connectivity index (χ1v) is 6.39. The maximum absolute atomic E-state index is 11.0. The summed E-state index contributed by atoms with van der Waals surface area (Å²) in [4.78, 5) is 11.0. The quantitative estimate of drug-likeness (QED) is 0.700. The van der Waals surface area contributed by atoms with Crippen LogP contribution in [0.1, 0.15) is 37.3 Å². The maximum atomic E-state index is 11.0. The smallest absolute Gasteiger partial charge is 0.132 e. The van der Waals surface area contributed by atoms with E-state index in [0.717, 1.165) is 24.8 Å². The van der Waals surface area contributed by atoms with E-state index in [2.05, 4.69) is 30.8 Å². The average molecular weight is 246 g/mol. The van der Waals surface area contributed by atoms with Gasteiger partial charge in [-0.3, -0.25) is 4.79 Å². The van der Waals surface area contributed by atoms with E-state index in [9.17, 15) is 4.79 Å². The average Bonchev–Trinajstić information content (AvgIpc) is 2.38. The third-order valence-electron chi connectivity index (χ3n) is 3.06. The predicted octanol–water partition coefficient (Wildman–Crippen LogP) is 3.65. The summed E-state index contributed by atoms with van der Waals surface area (Å²) >= 11 is 0. The van der Waals surface area contributed by atoms with Gasteiger partial charge in [0.15, 0.2) is 0 Å². The number of aryl methyl sites for hydroxylation is 1. The van der Waals surface area contributed by atoms with Crippen LogP contribution in [-0.2, 0) is 16.0 Å². The fourth-order valence-corrected chi connectivity index (χ4v) is 1.98. The van der Waals surface area contributed by atoms with Crippen molar-refractivity contribution in [2.45, 2.75) is 38.7 Å². The van der Waals surface area contributed by atoms with E-state index in [4.69, 9.17) is 4.74 Å². The fourth-order valence-electron chi connectivity index (χ4n) is 1.98. The van der Waals surface area contributed by atoms with Crippen molar-refractivity contribution in [1.29, 1.82) is 0 Å². The van der Waals surface area contributed by atoms with Crippen LogP contribution in [0.4, 0.5) is 0 Å². The van der Waals surface area contributed by atoms with E-state index in [1.54, 1.807) is 14.0 Å². The molecule has 1 aromatic rings. The number of ether oxygens (including phenoxy) is 1. The van der Waals surface area contributed by atoms with Crippen LogP contribution >= 0.6 is 0 Å². The Morgan fingerprint density at radius 1 is 1.39 bits per heavy atom. The molecule has 18 heavy (non-hydrogen) atoms. The van der Waals surface area contributed by atoms with Gasteiger partial charge in [0.1, 0.15) is 5.78 Å². The summed E-state index contributed by atoms with van der Waals surface area (Å²) in [5.74, 6) is 0.192. The number of ketones is 1. The largest absolute Gasteiger partial charge is 0.381 e. The second-order valence-electron chi connectivity index (χ2n) is 4.60. The number of benzene rings is 1. The van der Waals surface area contributed by atoms with Gasteiger partial charge >= 0.3 is 0 Å². The molecule has 0 fully saturated rings. The lowest BCUT2D eigenvalue weighted by molar-refractivity contribution is -0.119. The molecule has 0 bridgehead atoms. The van der Waals surface area contributed by atoms with Gasteiger partial charge in [-0.15, -0.1) is 0 Å². The van der Waals surface area contributed by atoms with Gasteiger partial charge in [0, 0.05) is 13.5 Å². The lowest BCUT2D eigenvalue weighted by Crippen LogP contribution is -2.14. The molecule has 2 heteroatoms. The molecule has 0 heterocycles. The lowest BCUT2D eigenvalue weighted by atomic mass is 10.0. The Bertz CT molecular complexity index is 379. The van der Waals surface area contributed by atoms with E-state index < -0.39 is 0 Å². The first-order valence-electron chi connectivity index (χ1n) is 6.39. The second kappa shape index (κ2) is 7.83. The first-order chi connectivity index (χ1) is 8.65. The second-order valence-corrected chi connectivity index (χ2v) is 4.60. The van der Waals surface area contributed by atoms with Crippen LogP contribution in [0.2, 0.25) is 0 Å². The Kier molecular flexibility index (Phi) is 6.37. The Hall–Kier alpha value is -1.41. The molecule has 0 N–H and O–H groups in total. The van der Waals surface area contributed by atoms with Crippen molar-refractivity contribution in [2.75, 3.05) is 7.11 Å². The monoisotopic (exact) mass is 246 g/mol. The number of rotatable bonds is 8. The van der Waals surface area contributed by atoms with Crippen LogP contribution in [0, 0.1) is 0 Å². The molecule has 0 aliphatic carbocycles. The van der Waals surface area contributed by atoms with Gasteiger partial charge in [-0.25, -0.2) is 0 Å². The van der Waals surface area contributed by atoms with Crippen LogP contribution in [0.15, 0.2) is 30.8 Å². The van der Waals surface area contributed by atoms with Crippen molar-refractivity contribution in [3.63, 3.8) is 0 Å². The first kappa shape index (κ1) is 14.7. The minimum Gasteiger partial charge on any atom is -0.381 e. The summed E-state index contributed by atoms with van der Waals surface area (Å²) in [6.45, 7) is 5.35. The molecule has 0 radical (unpaired) electrons. The highest BCUT2D eigenvalue weighted by atomic mass is 16.5. The van der Waals surface area contributed by atoms with Gasteiger partial charge in [0.05, 0.1) is 6.10 Å². The van der Waals surface area contributed by atoms with Gasteiger partial charge in [-0.2, -0.15) is 0 Å². The van der Waals surface area contributed by atoms with E-state index in [-0.39, 0.29) is 11.9 Å². The number of Topliss-reactive ketones (excluding diaryl/α,β-unsaturated/α-hetero) is 1. The summed E-state index contributed by atoms with van der Waals surface area (Å²) in [7, 11) is 1.67. The zero-order valence-electron chi connectivity index (χ0n) is 11.3. The van der Waals surface area contributed by atoms with Crippen molar-refractivity contribution in [1.82, 2.24) is 0 Å². The summed E-state index contributed by atoms with van der Waals surface area (Å²) in [6, 6.07) is 8.41. The van der Waals surface area contributed by atoms with E-state index in [1.165, 1.54) is 5.56 Å². The molecule has 0 spiro atoms. The zero-order valence-corrected chi connectivity index (χ0v) is 11.3. The van der Waals surface area contributed by atoms with Crippen molar-refractivity contribution in [2.24, 2.45) is 0 Å². The van der Waals surface area contributed by atoms with E-state index in [1.807, 2.05) is 6.08 Å². The minimum absolute atomic E-state index is 0.0648. The molecule has 2 nitrogen and oxygen atoms in total. The number of carbonyl (C=O) groups is 1. The van der Waals surface area contributed by atoms with Crippen molar-refractivity contribution < 1.29 is 9.53 Å². The molecule has 0 saturated heterocycles. The molecule has 1 atom stereocenters. The molecule has 1 aromatic carbocycles. The van der Waals surface area contributed by atoms with E-state index >= 15 is 0 Å². The number of carbonyl (C=O) groups excluding carboxylic acids is 1. The van der Waals surface area contributed by atoms with Gasteiger partial charge in [0.25, 0.3) is 0 Å². The Morgan fingerprint density at radius 2 is 2.06 bits per heavy atom. The van der Waals surface area contributed by atoms with Crippen LogP contribution in [0.25, 0.3) is 6.08 Å². The van der Waals surface area contributed by atoms with Crippen LogP contribution in [0.3, 0.4) is 0 Å². The number of methoxy groups -OCH3 is 1. The molecular weight excluding hydrogens is 224 g/mol. The highest BCUT2D eigenvalue weighted by molar-refractivity contribution is 5.75. The Balaban J connectivity index is 2.35. The van der Waals surface area contributed by atoms with Crippen LogP contribution in [-0.4, -0.2) is 19.0 Å². The van der Waals surface area contributed by atoms with Crippen molar-refractivity contribution >= 4 is 11.9 Å². The zero-order chi connectivity index (χ0) is 13.4. The van der Waals surface area contributed by atoms with Crippen LogP contribution < -0.4 is 0 Å². The molecule has 0 aromatic heterocycles. The molecule has 0 aliphatic rings. The Labute approximate surface area is 110 Å². The van der Waals surface area contributed by atoms with Gasteiger partial charge in [-0.1, -0.05) is 36.9 Å². The highest BCUT2D eigenvalue weighted by Crippen LogP contribution is 2.12. The molecule has 1 rings (SSSR count). The fraction of sp³-hybridized carbons (Fsp3) is 0.438. The molecule has 0 saturated carbocycles. The minimum atomic E-state index is 0.0648. The lowest BCUT2D eigenvalue weighted by Gasteiger charge is -2.13. The summed E-state index contributed by atoms with van der Waals surface area (Å²) in [5, 5.41) is 0. The number of hydrogen-bond acceptors (Lipinski definition) is 2. The molecule has 98 valence electrons.